The van der Waals surface area contributed by atoms with E-state index < -0.39 is 12.6 Å². The van der Waals surface area contributed by atoms with Crippen molar-refractivity contribution in [2.24, 2.45) is 0 Å². The zero-order chi connectivity index (χ0) is 24.3. The molecule has 180 valence electrons. The first-order chi connectivity index (χ1) is 16.5. The molecule has 0 bridgehead atoms. The predicted octanol–water partition coefficient (Wildman–Crippen LogP) is 1.41. The van der Waals surface area contributed by atoms with Gasteiger partial charge in [0.2, 0.25) is 0 Å². The molecule has 0 atom stereocenters. The third-order valence-electron chi connectivity index (χ3n) is 4.50. The van der Waals surface area contributed by atoms with E-state index in [-0.39, 0.29) is 38.0 Å². The zero-order valence-corrected chi connectivity index (χ0v) is 19.0. The van der Waals surface area contributed by atoms with Crippen LogP contribution in [0.25, 0.3) is 5.69 Å². The summed E-state index contributed by atoms with van der Waals surface area (Å²) in [6, 6.07) is 4.82. The van der Waals surface area contributed by atoms with Gasteiger partial charge in [-0.1, -0.05) is 5.21 Å². The number of halogens is 1. The van der Waals surface area contributed by atoms with E-state index in [1.165, 1.54) is 10.9 Å². The molecule has 0 saturated carbocycles. The van der Waals surface area contributed by atoms with Crippen molar-refractivity contribution in [3.8, 4) is 11.4 Å². The number of rotatable bonds is 12. The third-order valence-corrected chi connectivity index (χ3v) is 4.50. The van der Waals surface area contributed by atoms with E-state index in [2.05, 4.69) is 30.9 Å². The lowest BCUT2D eigenvalue weighted by molar-refractivity contribution is 0.0894. The highest BCUT2D eigenvalue weighted by molar-refractivity contribution is 5.95. The van der Waals surface area contributed by atoms with Crippen molar-refractivity contribution in [2.45, 2.75) is 20.4 Å². The Kier molecular flexibility index (Phi) is 8.97. The lowest BCUT2D eigenvalue weighted by Crippen LogP contribution is -2.23. The average Bonchev–Trinajstić information content (AvgIpc) is 3.33. The Labute approximate surface area is 195 Å². The Hall–Kier alpha value is -3.93. The van der Waals surface area contributed by atoms with Gasteiger partial charge in [-0.15, -0.1) is 5.10 Å². The number of nitrogens with one attached hydrogen (secondary N) is 2. The van der Waals surface area contributed by atoms with Crippen LogP contribution < -0.4 is 15.4 Å². The lowest BCUT2D eigenvalue weighted by Gasteiger charge is -2.13. The first-order valence-corrected chi connectivity index (χ1v) is 10.7. The van der Waals surface area contributed by atoms with Crippen LogP contribution in [-0.4, -0.2) is 69.8 Å². The van der Waals surface area contributed by atoms with Crippen LogP contribution >= 0.6 is 0 Å². The number of amides is 2. The van der Waals surface area contributed by atoms with Gasteiger partial charge in [0.1, 0.15) is 24.7 Å². The first kappa shape index (κ1) is 24.7. The minimum Gasteiger partial charge on any atom is -0.489 e. The molecule has 0 unspecified atom stereocenters. The maximum absolute atomic E-state index is 12.5. The van der Waals surface area contributed by atoms with Crippen LogP contribution in [0.5, 0.6) is 5.75 Å². The lowest BCUT2D eigenvalue weighted by atomic mass is 10.1. The number of alkyl halides is 1. The van der Waals surface area contributed by atoms with Crippen LogP contribution in [0.15, 0.2) is 36.8 Å². The van der Waals surface area contributed by atoms with Crippen LogP contribution in [0.3, 0.4) is 0 Å². The molecule has 0 radical (unpaired) electrons. The number of carbonyl (C=O) groups excluding carboxylic acids is 2. The number of aromatic nitrogens is 5. The second kappa shape index (κ2) is 12.3. The Balaban J connectivity index is 1.74. The third kappa shape index (κ3) is 6.78. The molecule has 2 N–H and O–H groups in total. The summed E-state index contributed by atoms with van der Waals surface area (Å²) in [6.07, 6.45) is 4.65. The van der Waals surface area contributed by atoms with Crippen molar-refractivity contribution in [3.05, 3.63) is 59.4 Å². The predicted molar refractivity (Wildman–Crippen MR) is 120 cm³/mol. The van der Waals surface area contributed by atoms with Gasteiger partial charge in [0, 0.05) is 18.3 Å². The van der Waals surface area contributed by atoms with Gasteiger partial charge >= 0.3 is 0 Å². The Bertz CT molecular complexity index is 1100. The molecule has 34 heavy (non-hydrogen) atoms. The quantitative estimate of drug-likeness (QED) is 0.379. The Morgan fingerprint density at radius 1 is 1.09 bits per heavy atom. The van der Waals surface area contributed by atoms with Crippen molar-refractivity contribution < 1.29 is 23.5 Å². The standard InChI is InChI=1S/C22H26FN7O4/c1-3-24-21(31)16-4-5-19(20(10-16)34-9-8-33-7-6-23)30-14-18(28-29-30)22(32)27-13-17-12-25-15(2)11-26-17/h4-5,10-12,14H,3,6-9,13H2,1-2H3,(H,24,31)(H,27,32). The summed E-state index contributed by atoms with van der Waals surface area (Å²) in [5.74, 6) is -0.362. The highest BCUT2D eigenvalue weighted by Crippen LogP contribution is 2.24. The van der Waals surface area contributed by atoms with Crippen molar-refractivity contribution in [1.29, 1.82) is 0 Å². The second-order valence-electron chi connectivity index (χ2n) is 7.07. The van der Waals surface area contributed by atoms with E-state index in [0.29, 0.717) is 29.2 Å². The highest BCUT2D eigenvalue weighted by atomic mass is 19.1. The van der Waals surface area contributed by atoms with Crippen LogP contribution in [0.4, 0.5) is 4.39 Å². The van der Waals surface area contributed by atoms with E-state index in [1.807, 2.05) is 13.8 Å². The van der Waals surface area contributed by atoms with Crippen LogP contribution in [0.2, 0.25) is 0 Å². The van der Waals surface area contributed by atoms with Gasteiger partial charge in [-0.25, -0.2) is 9.07 Å². The molecule has 2 aromatic heterocycles. The number of benzene rings is 1. The monoisotopic (exact) mass is 471 g/mol. The minimum atomic E-state index is -0.585. The summed E-state index contributed by atoms with van der Waals surface area (Å²) in [5.41, 5.74) is 2.34. The highest BCUT2D eigenvalue weighted by Gasteiger charge is 2.16. The molecule has 0 fully saturated rings. The van der Waals surface area contributed by atoms with Gasteiger partial charge in [0.25, 0.3) is 11.8 Å². The largest absolute Gasteiger partial charge is 0.489 e. The maximum Gasteiger partial charge on any atom is 0.273 e. The minimum absolute atomic E-state index is 0.0229. The normalized spacial score (nSPS) is 10.7. The summed E-state index contributed by atoms with van der Waals surface area (Å²) in [7, 11) is 0. The average molecular weight is 471 g/mol. The van der Waals surface area contributed by atoms with E-state index in [0.717, 1.165) is 5.69 Å². The topological polar surface area (TPSA) is 133 Å². The molecular formula is C22H26FN7O4. The SMILES string of the molecule is CCNC(=O)c1ccc(-n2cc(C(=O)NCc3cnc(C)cn3)nn2)c(OCCOCCF)c1. The number of nitrogens with zero attached hydrogens (tertiary/aromatic N) is 5. The summed E-state index contributed by atoms with van der Waals surface area (Å²) in [4.78, 5) is 33.1. The maximum atomic E-state index is 12.5. The van der Waals surface area contributed by atoms with E-state index in [4.69, 9.17) is 9.47 Å². The first-order valence-electron chi connectivity index (χ1n) is 10.7. The molecule has 2 heterocycles. The molecule has 3 rings (SSSR count). The van der Waals surface area contributed by atoms with Crippen LogP contribution in [0.1, 0.15) is 39.2 Å². The molecule has 0 aliphatic carbocycles. The molecule has 11 nitrogen and oxygen atoms in total. The van der Waals surface area contributed by atoms with Gasteiger partial charge in [0.15, 0.2) is 5.69 Å². The zero-order valence-electron chi connectivity index (χ0n) is 19.0. The fourth-order valence-corrected chi connectivity index (χ4v) is 2.85. The second-order valence-corrected chi connectivity index (χ2v) is 7.07. The molecule has 0 spiro atoms. The number of hydrogen-bond acceptors (Lipinski definition) is 8. The fraction of sp³-hybridized carbons (Fsp3) is 0.364. The van der Waals surface area contributed by atoms with E-state index in [1.54, 1.807) is 30.6 Å². The number of ether oxygens (including phenoxy) is 2. The molecule has 3 aromatic rings. The number of aryl methyl sites for hydroxylation is 1. The molecule has 0 aliphatic rings. The molecule has 1 aromatic carbocycles. The number of hydrogen-bond donors (Lipinski definition) is 2. The molecule has 0 saturated heterocycles. The van der Waals surface area contributed by atoms with E-state index in [9.17, 15) is 14.0 Å². The van der Waals surface area contributed by atoms with Crippen molar-refractivity contribution >= 4 is 11.8 Å². The van der Waals surface area contributed by atoms with Crippen molar-refractivity contribution in [2.75, 3.05) is 33.0 Å². The van der Waals surface area contributed by atoms with Gasteiger partial charge in [-0.05, 0) is 32.0 Å². The van der Waals surface area contributed by atoms with Gasteiger partial charge < -0.3 is 20.1 Å². The molecule has 0 aliphatic heterocycles. The summed E-state index contributed by atoms with van der Waals surface area (Å²) in [6.45, 7) is 4.00. The molecular weight excluding hydrogens is 445 g/mol. The van der Waals surface area contributed by atoms with Gasteiger partial charge in [-0.2, -0.15) is 0 Å². The summed E-state index contributed by atoms with van der Waals surface area (Å²) < 4.78 is 24.4. The van der Waals surface area contributed by atoms with Gasteiger partial charge in [0.05, 0.1) is 43.5 Å². The Morgan fingerprint density at radius 2 is 1.94 bits per heavy atom. The summed E-state index contributed by atoms with van der Waals surface area (Å²) >= 11 is 0. The number of carbonyl (C=O) groups is 2. The fourth-order valence-electron chi connectivity index (χ4n) is 2.85. The van der Waals surface area contributed by atoms with Crippen LogP contribution in [-0.2, 0) is 11.3 Å². The molecule has 12 heteroatoms. The van der Waals surface area contributed by atoms with E-state index >= 15 is 0 Å². The van der Waals surface area contributed by atoms with Crippen molar-refractivity contribution in [3.63, 3.8) is 0 Å². The molecule has 2 amide bonds. The van der Waals surface area contributed by atoms with Crippen LogP contribution in [0, 0.1) is 6.92 Å². The van der Waals surface area contributed by atoms with Gasteiger partial charge in [-0.3, -0.25) is 19.6 Å². The summed E-state index contributed by atoms with van der Waals surface area (Å²) in [5, 5.41) is 13.4. The smallest absolute Gasteiger partial charge is 0.273 e. The Morgan fingerprint density at radius 3 is 2.68 bits per heavy atom. The van der Waals surface area contributed by atoms with Crippen molar-refractivity contribution in [1.82, 2.24) is 35.6 Å².